The second-order valence-corrected chi connectivity index (χ2v) is 9.14. The van der Waals surface area contributed by atoms with E-state index in [0.717, 1.165) is 31.5 Å². The van der Waals surface area contributed by atoms with E-state index in [4.69, 9.17) is 16.0 Å². The van der Waals surface area contributed by atoms with Crippen molar-refractivity contribution in [3.63, 3.8) is 0 Å². The number of rotatable bonds is 3. The van der Waals surface area contributed by atoms with Crippen LogP contribution in [-0.4, -0.2) is 39.0 Å². The predicted octanol–water partition coefficient (Wildman–Crippen LogP) is 4.73. The van der Waals surface area contributed by atoms with E-state index >= 15 is 0 Å². The number of nitrogens with zero attached hydrogens (tertiary/aromatic N) is 2. The second kappa shape index (κ2) is 7.31. The van der Waals surface area contributed by atoms with E-state index in [1.54, 1.807) is 12.1 Å². The van der Waals surface area contributed by atoms with E-state index in [1.807, 2.05) is 30.3 Å². The molecule has 7 heteroatoms. The quantitative estimate of drug-likeness (QED) is 0.316. The Balaban J connectivity index is 1.45. The molecule has 4 heterocycles. The van der Waals surface area contributed by atoms with Crippen molar-refractivity contribution in [3.05, 3.63) is 53.1 Å². The Morgan fingerprint density at radius 2 is 1.93 bits per heavy atom. The van der Waals surface area contributed by atoms with Gasteiger partial charge in [0.2, 0.25) is 5.89 Å². The van der Waals surface area contributed by atoms with Crippen LogP contribution in [-0.2, 0) is 0 Å². The average molecular weight is 508 g/mol. The van der Waals surface area contributed by atoms with Gasteiger partial charge >= 0.3 is 0 Å². The molecule has 3 aliphatic heterocycles. The Morgan fingerprint density at radius 3 is 2.64 bits per heavy atom. The summed E-state index contributed by atoms with van der Waals surface area (Å²) in [6.45, 7) is 2.27. The van der Waals surface area contributed by atoms with E-state index in [0.29, 0.717) is 37.5 Å². The number of nitrogens with one attached hydrogen (secondary N) is 1. The first-order valence-electron chi connectivity index (χ1n) is 9.44. The van der Waals surface area contributed by atoms with Crippen LogP contribution in [0.15, 0.2) is 46.9 Å². The summed E-state index contributed by atoms with van der Waals surface area (Å²) in [6, 6.07) is 13.0. The molecule has 5 nitrogen and oxygen atoms in total. The maximum atomic E-state index is 13.1. The van der Waals surface area contributed by atoms with Crippen LogP contribution in [0.2, 0.25) is 5.02 Å². The van der Waals surface area contributed by atoms with Crippen LogP contribution in [0.1, 0.15) is 23.2 Å². The molecule has 1 aromatic heterocycles. The number of hydrogen-bond acceptors (Lipinski definition) is 4. The molecule has 0 spiro atoms. The molecular formula is C21H19ClIN3O2. The van der Waals surface area contributed by atoms with Crippen LogP contribution < -0.4 is 5.32 Å². The predicted molar refractivity (Wildman–Crippen MR) is 118 cm³/mol. The van der Waals surface area contributed by atoms with E-state index in [9.17, 15) is 4.79 Å². The molecule has 1 amide bonds. The van der Waals surface area contributed by atoms with Crippen molar-refractivity contribution < 1.29 is 9.21 Å². The number of aromatic nitrogens is 1. The van der Waals surface area contributed by atoms with Gasteiger partial charge in [-0.25, -0.2) is 4.98 Å². The normalized spacial score (nSPS) is 26.5. The summed E-state index contributed by atoms with van der Waals surface area (Å²) in [5.74, 6) is 0.959. The van der Waals surface area contributed by atoms with Crippen molar-refractivity contribution in [3.8, 4) is 11.5 Å². The molecule has 3 aromatic rings. The Labute approximate surface area is 181 Å². The lowest BCUT2D eigenvalue weighted by Crippen LogP contribution is -2.61. The van der Waals surface area contributed by atoms with E-state index in [2.05, 4.69) is 37.8 Å². The fraction of sp³-hybridized carbons (Fsp3) is 0.333. The minimum atomic E-state index is -0.0815. The summed E-state index contributed by atoms with van der Waals surface area (Å²) in [5, 5.41) is 3.94. The smallest absolute Gasteiger partial charge is 0.253 e. The van der Waals surface area contributed by atoms with Crippen LogP contribution in [0.4, 0.5) is 0 Å². The molecule has 2 unspecified atom stereocenters. The Hall–Kier alpha value is -1.64. The topological polar surface area (TPSA) is 58.4 Å². The molecule has 2 atom stereocenters. The molecule has 0 saturated carbocycles. The maximum absolute atomic E-state index is 13.1. The Kier molecular flexibility index (Phi) is 4.80. The summed E-state index contributed by atoms with van der Waals surface area (Å²) >= 11 is 8.43. The number of alkyl halides is 1. The maximum Gasteiger partial charge on any atom is 0.253 e. The van der Waals surface area contributed by atoms with Crippen LogP contribution in [0.5, 0.6) is 0 Å². The third-order valence-electron chi connectivity index (χ3n) is 5.78. The van der Waals surface area contributed by atoms with Gasteiger partial charge in [-0.2, -0.15) is 0 Å². The first kappa shape index (κ1) is 18.4. The van der Waals surface area contributed by atoms with Crippen molar-refractivity contribution in [2.45, 2.75) is 22.9 Å². The zero-order valence-corrected chi connectivity index (χ0v) is 18.0. The third kappa shape index (κ3) is 3.21. The van der Waals surface area contributed by atoms with Gasteiger partial charge in [-0.15, -0.1) is 0 Å². The van der Waals surface area contributed by atoms with Crippen LogP contribution in [0.25, 0.3) is 22.6 Å². The number of carbonyl (C=O) groups is 1. The van der Waals surface area contributed by atoms with E-state index in [1.165, 1.54) is 0 Å². The molecule has 2 bridgehead atoms. The average Bonchev–Trinajstić information content (AvgIpc) is 3.15. The molecule has 6 rings (SSSR count). The third-order valence-corrected chi connectivity index (χ3v) is 7.59. The molecular weight excluding hydrogens is 489 g/mol. The standard InChI is InChI=1S/C21H19ClIN3O2/c22-14-6-4-13(5-7-14)21-25-18-15(2-1-3-16(18)28-21)20(27)24-17-12-8-10-26(11-9-12)19(17)23/h1-7,12,17,19H,8-11H2,(H,24,27). The minimum Gasteiger partial charge on any atom is -0.436 e. The number of amides is 1. The molecule has 0 aliphatic carbocycles. The molecule has 28 heavy (non-hydrogen) atoms. The number of fused-ring (bicyclic) bond motifs is 4. The van der Waals surface area contributed by atoms with Crippen molar-refractivity contribution in [1.29, 1.82) is 0 Å². The van der Waals surface area contributed by atoms with Crippen molar-refractivity contribution in [2.75, 3.05) is 13.1 Å². The highest BCUT2D eigenvalue weighted by molar-refractivity contribution is 14.1. The number of benzene rings is 2. The van der Waals surface area contributed by atoms with Gasteiger partial charge in [0.05, 0.1) is 15.7 Å². The summed E-state index contributed by atoms with van der Waals surface area (Å²) in [4.78, 5) is 20.2. The summed E-state index contributed by atoms with van der Waals surface area (Å²) in [6.07, 6.45) is 2.30. The van der Waals surface area contributed by atoms with Gasteiger partial charge < -0.3 is 9.73 Å². The minimum absolute atomic E-state index is 0.0815. The van der Waals surface area contributed by atoms with Crippen molar-refractivity contribution in [2.24, 2.45) is 5.92 Å². The molecule has 3 saturated heterocycles. The van der Waals surface area contributed by atoms with Crippen molar-refractivity contribution >= 4 is 51.2 Å². The molecule has 0 radical (unpaired) electrons. The fourth-order valence-electron chi connectivity index (χ4n) is 4.24. The van der Waals surface area contributed by atoms with Gasteiger partial charge in [0.15, 0.2) is 5.58 Å². The molecule has 144 valence electrons. The Morgan fingerprint density at radius 1 is 1.18 bits per heavy atom. The first-order valence-corrected chi connectivity index (χ1v) is 11.1. The number of hydrogen-bond donors (Lipinski definition) is 1. The number of halogens is 2. The van der Waals surface area contributed by atoms with Crippen LogP contribution in [0, 0.1) is 5.92 Å². The number of oxazole rings is 1. The highest BCUT2D eigenvalue weighted by Gasteiger charge is 2.41. The van der Waals surface area contributed by atoms with Crippen molar-refractivity contribution in [1.82, 2.24) is 15.2 Å². The van der Waals surface area contributed by atoms with E-state index < -0.39 is 0 Å². The first-order chi connectivity index (χ1) is 13.6. The lowest BCUT2D eigenvalue weighted by molar-refractivity contribution is 0.0554. The van der Waals surface area contributed by atoms with Crippen LogP contribution in [0.3, 0.4) is 0 Å². The van der Waals surface area contributed by atoms with Gasteiger partial charge in [0.1, 0.15) is 5.52 Å². The fourth-order valence-corrected chi connectivity index (χ4v) is 5.69. The molecule has 3 fully saturated rings. The lowest BCUT2D eigenvalue weighted by atomic mass is 9.84. The zero-order valence-electron chi connectivity index (χ0n) is 15.1. The SMILES string of the molecule is O=C(NC1C2CCN(CC2)C1I)c1cccc2oc(-c3ccc(Cl)cc3)nc12. The number of para-hydroxylation sites is 1. The largest absolute Gasteiger partial charge is 0.436 e. The summed E-state index contributed by atoms with van der Waals surface area (Å²) in [7, 11) is 0. The lowest BCUT2D eigenvalue weighted by Gasteiger charge is -2.48. The molecule has 2 aromatic carbocycles. The summed E-state index contributed by atoms with van der Waals surface area (Å²) < 4.78 is 6.24. The van der Waals surface area contributed by atoms with Gasteiger partial charge in [-0.1, -0.05) is 40.3 Å². The molecule has 3 aliphatic rings. The van der Waals surface area contributed by atoms with Gasteiger partial charge in [-0.3, -0.25) is 9.69 Å². The highest BCUT2D eigenvalue weighted by atomic mass is 127. The number of piperidine rings is 3. The van der Waals surface area contributed by atoms with Gasteiger partial charge in [-0.05, 0) is 68.2 Å². The molecule has 1 N–H and O–H groups in total. The van der Waals surface area contributed by atoms with Gasteiger partial charge in [0, 0.05) is 10.6 Å². The second-order valence-electron chi connectivity index (χ2n) is 7.42. The monoisotopic (exact) mass is 507 g/mol. The number of carbonyl (C=O) groups excluding carboxylic acids is 1. The van der Waals surface area contributed by atoms with Gasteiger partial charge in [0.25, 0.3) is 5.91 Å². The summed E-state index contributed by atoms with van der Waals surface area (Å²) in [5.41, 5.74) is 2.59. The Bertz CT molecular complexity index is 1030. The highest BCUT2D eigenvalue weighted by Crippen LogP contribution is 2.35. The van der Waals surface area contributed by atoms with E-state index in [-0.39, 0.29) is 11.9 Å². The van der Waals surface area contributed by atoms with Crippen LogP contribution >= 0.6 is 34.2 Å². The zero-order chi connectivity index (χ0) is 19.3.